The lowest BCUT2D eigenvalue weighted by atomic mass is 10.1. The summed E-state index contributed by atoms with van der Waals surface area (Å²) in [7, 11) is 1.73. The van der Waals surface area contributed by atoms with Gasteiger partial charge in [-0.3, -0.25) is 5.10 Å². The highest BCUT2D eigenvalue weighted by molar-refractivity contribution is 5.87. The summed E-state index contributed by atoms with van der Waals surface area (Å²) >= 11 is 0. The van der Waals surface area contributed by atoms with Crippen LogP contribution in [0.1, 0.15) is 32.0 Å². The van der Waals surface area contributed by atoms with Gasteiger partial charge in [0.2, 0.25) is 0 Å². The molecule has 3 rings (SSSR count). The zero-order valence-electron chi connectivity index (χ0n) is 16.9. The van der Waals surface area contributed by atoms with Crippen molar-refractivity contribution in [3.63, 3.8) is 0 Å². The Bertz CT molecular complexity index is 929. The standard InChI is InChI=1S/C22H27N3O3/c1-22(2,3)28-21(26)25(4)14-13-18-20-17(23-24-18)11-8-12-19(20)27-15-16-9-6-5-7-10-16/h5-12H,13-15H2,1-4H3,(H,23,24). The molecule has 0 atom stereocenters. The third kappa shape index (κ3) is 5.03. The average Bonchev–Trinajstić information content (AvgIpc) is 3.07. The van der Waals surface area contributed by atoms with Crippen LogP contribution in [-0.2, 0) is 17.8 Å². The first-order valence-electron chi connectivity index (χ1n) is 9.40. The van der Waals surface area contributed by atoms with E-state index in [1.54, 1.807) is 11.9 Å². The summed E-state index contributed by atoms with van der Waals surface area (Å²) in [5, 5.41) is 8.44. The summed E-state index contributed by atoms with van der Waals surface area (Å²) in [6, 6.07) is 15.9. The Morgan fingerprint density at radius 3 is 2.57 bits per heavy atom. The minimum Gasteiger partial charge on any atom is -0.488 e. The number of amides is 1. The minimum absolute atomic E-state index is 0.340. The number of benzene rings is 2. The van der Waals surface area contributed by atoms with E-state index in [1.165, 1.54) is 0 Å². The molecule has 0 aliphatic carbocycles. The van der Waals surface area contributed by atoms with Crippen molar-refractivity contribution in [1.82, 2.24) is 15.1 Å². The van der Waals surface area contributed by atoms with E-state index < -0.39 is 5.60 Å². The van der Waals surface area contributed by atoms with E-state index >= 15 is 0 Å². The Kier molecular flexibility index (Phi) is 5.87. The molecule has 3 aromatic rings. The number of aromatic amines is 1. The van der Waals surface area contributed by atoms with Gasteiger partial charge < -0.3 is 14.4 Å². The number of nitrogens with one attached hydrogen (secondary N) is 1. The number of hydrogen-bond acceptors (Lipinski definition) is 4. The number of carbonyl (C=O) groups excluding carboxylic acids is 1. The van der Waals surface area contributed by atoms with Gasteiger partial charge in [-0.15, -0.1) is 0 Å². The molecule has 6 heteroatoms. The van der Waals surface area contributed by atoms with Gasteiger partial charge in [-0.25, -0.2) is 4.79 Å². The van der Waals surface area contributed by atoms with Crippen molar-refractivity contribution in [2.24, 2.45) is 0 Å². The van der Waals surface area contributed by atoms with Gasteiger partial charge in [-0.2, -0.15) is 5.10 Å². The molecule has 0 radical (unpaired) electrons. The van der Waals surface area contributed by atoms with Crippen LogP contribution in [0.2, 0.25) is 0 Å². The van der Waals surface area contributed by atoms with Gasteiger partial charge in [0.1, 0.15) is 18.0 Å². The molecule has 1 heterocycles. The number of aromatic nitrogens is 2. The molecule has 0 bridgehead atoms. The van der Waals surface area contributed by atoms with Crippen molar-refractivity contribution in [3.05, 3.63) is 59.8 Å². The molecule has 0 aliphatic heterocycles. The van der Waals surface area contributed by atoms with Crippen molar-refractivity contribution < 1.29 is 14.3 Å². The first-order valence-corrected chi connectivity index (χ1v) is 9.40. The van der Waals surface area contributed by atoms with Crippen molar-refractivity contribution in [2.45, 2.75) is 39.4 Å². The molecular weight excluding hydrogens is 354 g/mol. The molecule has 148 valence electrons. The van der Waals surface area contributed by atoms with Crippen LogP contribution in [0.15, 0.2) is 48.5 Å². The Morgan fingerprint density at radius 2 is 1.86 bits per heavy atom. The van der Waals surface area contributed by atoms with Gasteiger partial charge in [0.05, 0.1) is 16.6 Å². The van der Waals surface area contributed by atoms with Crippen molar-refractivity contribution in [3.8, 4) is 5.75 Å². The summed E-state index contributed by atoms with van der Waals surface area (Å²) in [6.07, 6.45) is 0.259. The second-order valence-corrected chi connectivity index (χ2v) is 7.78. The quantitative estimate of drug-likeness (QED) is 0.680. The van der Waals surface area contributed by atoms with Crippen molar-refractivity contribution >= 4 is 17.0 Å². The van der Waals surface area contributed by atoms with Crippen LogP contribution in [0.25, 0.3) is 10.9 Å². The van der Waals surface area contributed by atoms with E-state index in [-0.39, 0.29) is 6.09 Å². The number of carbonyl (C=O) groups is 1. The lowest BCUT2D eigenvalue weighted by Gasteiger charge is -2.24. The fourth-order valence-corrected chi connectivity index (χ4v) is 2.85. The monoisotopic (exact) mass is 381 g/mol. The Hall–Kier alpha value is -3.02. The van der Waals surface area contributed by atoms with Gasteiger partial charge in [0.15, 0.2) is 0 Å². The minimum atomic E-state index is -0.511. The molecule has 1 aromatic heterocycles. The van der Waals surface area contributed by atoms with Crippen LogP contribution in [0, 0.1) is 0 Å². The lowest BCUT2D eigenvalue weighted by Crippen LogP contribution is -2.35. The van der Waals surface area contributed by atoms with E-state index in [9.17, 15) is 4.79 Å². The third-order valence-corrected chi connectivity index (χ3v) is 4.25. The summed E-state index contributed by atoms with van der Waals surface area (Å²) in [5.41, 5.74) is 2.38. The summed E-state index contributed by atoms with van der Waals surface area (Å²) in [4.78, 5) is 13.7. The third-order valence-electron chi connectivity index (χ3n) is 4.25. The van der Waals surface area contributed by atoms with Crippen molar-refractivity contribution in [2.75, 3.05) is 13.6 Å². The number of likely N-dealkylation sites (N-methyl/N-ethyl adjacent to an activating group) is 1. The fourth-order valence-electron chi connectivity index (χ4n) is 2.85. The normalized spacial score (nSPS) is 11.4. The van der Waals surface area contributed by atoms with Gasteiger partial charge in [-0.05, 0) is 38.5 Å². The maximum atomic E-state index is 12.2. The number of rotatable bonds is 6. The van der Waals surface area contributed by atoms with Crippen LogP contribution in [-0.4, -0.2) is 40.4 Å². The molecule has 1 amide bonds. The Labute approximate surface area is 165 Å². The molecule has 0 saturated heterocycles. The average molecular weight is 381 g/mol. The van der Waals surface area contributed by atoms with Gasteiger partial charge in [-0.1, -0.05) is 36.4 Å². The lowest BCUT2D eigenvalue weighted by molar-refractivity contribution is 0.0300. The van der Waals surface area contributed by atoms with Crippen LogP contribution in [0.4, 0.5) is 4.79 Å². The van der Waals surface area contributed by atoms with E-state index in [0.717, 1.165) is 27.9 Å². The highest BCUT2D eigenvalue weighted by Gasteiger charge is 2.20. The number of hydrogen-bond donors (Lipinski definition) is 1. The fraction of sp³-hybridized carbons (Fsp3) is 0.364. The van der Waals surface area contributed by atoms with Gasteiger partial charge >= 0.3 is 6.09 Å². The van der Waals surface area contributed by atoms with E-state index in [1.807, 2.05) is 69.3 Å². The summed E-state index contributed by atoms with van der Waals surface area (Å²) in [6.45, 7) is 6.56. The maximum absolute atomic E-state index is 12.2. The van der Waals surface area contributed by atoms with E-state index in [4.69, 9.17) is 9.47 Å². The predicted octanol–water partition coefficient (Wildman–Crippen LogP) is 4.55. The number of fused-ring (bicyclic) bond motifs is 1. The predicted molar refractivity (Wildman–Crippen MR) is 109 cm³/mol. The molecule has 0 unspecified atom stereocenters. The summed E-state index contributed by atoms with van der Waals surface area (Å²) in [5.74, 6) is 0.782. The van der Waals surface area contributed by atoms with Crippen LogP contribution >= 0.6 is 0 Å². The maximum Gasteiger partial charge on any atom is 0.410 e. The van der Waals surface area contributed by atoms with E-state index in [0.29, 0.717) is 19.6 Å². The highest BCUT2D eigenvalue weighted by atomic mass is 16.6. The van der Waals surface area contributed by atoms with Crippen LogP contribution < -0.4 is 4.74 Å². The number of nitrogens with zero attached hydrogens (tertiary/aromatic N) is 2. The smallest absolute Gasteiger partial charge is 0.410 e. The highest BCUT2D eigenvalue weighted by Crippen LogP contribution is 2.28. The SMILES string of the molecule is CN(CCc1n[nH]c2cccc(OCc3ccccc3)c12)C(=O)OC(C)(C)C. The molecule has 1 N–H and O–H groups in total. The first-order chi connectivity index (χ1) is 13.3. The molecule has 0 aliphatic rings. The second kappa shape index (κ2) is 8.33. The molecule has 2 aromatic carbocycles. The van der Waals surface area contributed by atoms with E-state index in [2.05, 4.69) is 10.2 Å². The number of H-pyrrole nitrogens is 1. The Morgan fingerprint density at radius 1 is 1.11 bits per heavy atom. The van der Waals surface area contributed by atoms with Gasteiger partial charge in [0, 0.05) is 20.0 Å². The second-order valence-electron chi connectivity index (χ2n) is 7.78. The molecule has 0 fully saturated rings. The van der Waals surface area contributed by atoms with Crippen LogP contribution in [0.5, 0.6) is 5.75 Å². The first kappa shape index (κ1) is 19.7. The largest absolute Gasteiger partial charge is 0.488 e. The molecule has 0 spiro atoms. The number of ether oxygens (including phenoxy) is 2. The summed E-state index contributed by atoms with van der Waals surface area (Å²) < 4.78 is 11.5. The van der Waals surface area contributed by atoms with Crippen LogP contribution in [0.3, 0.4) is 0 Å². The zero-order valence-corrected chi connectivity index (χ0v) is 16.9. The van der Waals surface area contributed by atoms with Gasteiger partial charge in [0.25, 0.3) is 0 Å². The van der Waals surface area contributed by atoms with Crippen molar-refractivity contribution in [1.29, 1.82) is 0 Å². The molecule has 6 nitrogen and oxygen atoms in total. The topological polar surface area (TPSA) is 67.5 Å². The molecule has 28 heavy (non-hydrogen) atoms. The zero-order chi connectivity index (χ0) is 20.1. The Balaban J connectivity index is 1.71. The molecule has 0 saturated carbocycles. The molecular formula is C22H27N3O3.